The molecule has 20 heavy (non-hydrogen) atoms. The maximum atomic E-state index is 5.52. The minimum absolute atomic E-state index is 0.686. The van der Waals surface area contributed by atoms with E-state index in [1.54, 1.807) is 0 Å². The normalized spacial score (nSPS) is 19.1. The fraction of sp³-hybridized carbons (Fsp3) is 0.500. The molecule has 1 fully saturated rings. The summed E-state index contributed by atoms with van der Waals surface area (Å²) in [6.07, 6.45) is 3.61. The van der Waals surface area contributed by atoms with E-state index in [1.807, 2.05) is 25.1 Å². The van der Waals surface area contributed by atoms with Crippen LogP contribution >= 0.6 is 0 Å². The molecule has 1 saturated heterocycles. The molecular formula is C16H21N3O. The number of nitrogens with one attached hydrogen (secondary N) is 1. The van der Waals surface area contributed by atoms with Crippen LogP contribution < -0.4 is 5.32 Å². The van der Waals surface area contributed by atoms with Crippen molar-refractivity contribution < 1.29 is 4.74 Å². The van der Waals surface area contributed by atoms with Gasteiger partial charge in [-0.3, -0.25) is 0 Å². The van der Waals surface area contributed by atoms with E-state index in [0.717, 1.165) is 48.7 Å². The molecule has 0 saturated carbocycles. The van der Waals surface area contributed by atoms with Gasteiger partial charge in [0.2, 0.25) is 0 Å². The number of benzene rings is 1. The number of rotatable bonds is 4. The number of hydrogen-bond acceptors (Lipinski definition) is 4. The highest BCUT2D eigenvalue weighted by Gasteiger charge is 2.13. The van der Waals surface area contributed by atoms with Gasteiger partial charge in [-0.25, -0.2) is 9.97 Å². The number of para-hydroxylation sites is 1. The molecule has 0 bridgehead atoms. The zero-order valence-electron chi connectivity index (χ0n) is 11.9. The van der Waals surface area contributed by atoms with Gasteiger partial charge in [-0.05, 0) is 44.2 Å². The Morgan fingerprint density at radius 3 is 3.05 bits per heavy atom. The van der Waals surface area contributed by atoms with Crippen LogP contribution in [0.4, 0.5) is 5.82 Å². The Balaban J connectivity index is 1.67. The Labute approximate surface area is 119 Å². The third-order valence-corrected chi connectivity index (χ3v) is 3.81. The number of anilines is 1. The molecule has 1 aliphatic heterocycles. The second-order valence-corrected chi connectivity index (χ2v) is 5.44. The first-order valence-corrected chi connectivity index (χ1v) is 7.38. The molecule has 0 aliphatic carbocycles. The van der Waals surface area contributed by atoms with Crippen molar-refractivity contribution >= 4 is 16.7 Å². The molecule has 1 aromatic carbocycles. The third kappa shape index (κ3) is 3.07. The fourth-order valence-corrected chi connectivity index (χ4v) is 2.76. The van der Waals surface area contributed by atoms with Crippen LogP contribution in [0.1, 0.15) is 25.1 Å². The number of fused-ring (bicyclic) bond motifs is 1. The zero-order chi connectivity index (χ0) is 13.8. The van der Waals surface area contributed by atoms with E-state index in [9.17, 15) is 0 Å². The second-order valence-electron chi connectivity index (χ2n) is 5.44. The Morgan fingerprint density at radius 1 is 1.30 bits per heavy atom. The van der Waals surface area contributed by atoms with E-state index in [2.05, 4.69) is 21.4 Å². The minimum atomic E-state index is 0.686. The van der Waals surface area contributed by atoms with Crippen molar-refractivity contribution in [3.63, 3.8) is 0 Å². The monoisotopic (exact) mass is 271 g/mol. The Bertz CT molecular complexity index is 579. The highest BCUT2D eigenvalue weighted by molar-refractivity contribution is 5.88. The van der Waals surface area contributed by atoms with Crippen molar-refractivity contribution in [1.82, 2.24) is 9.97 Å². The van der Waals surface area contributed by atoms with Crippen LogP contribution in [-0.4, -0.2) is 29.7 Å². The van der Waals surface area contributed by atoms with Crippen LogP contribution in [0.3, 0.4) is 0 Å². The summed E-state index contributed by atoms with van der Waals surface area (Å²) in [6.45, 7) is 4.71. The van der Waals surface area contributed by atoms with Crippen LogP contribution in [-0.2, 0) is 4.74 Å². The van der Waals surface area contributed by atoms with Crippen molar-refractivity contribution in [2.24, 2.45) is 5.92 Å². The van der Waals surface area contributed by atoms with E-state index < -0.39 is 0 Å². The van der Waals surface area contributed by atoms with Crippen LogP contribution in [0.25, 0.3) is 10.9 Å². The molecule has 0 spiro atoms. The summed E-state index contributed by atoms with van der Waals surface area (Å²) in [5.41, 5.74) is 1.00. The van der Waals surface area contributed by atoms with Crippen LogP contribution in [0.2, 0.25) is 0 Å². The minimum Gasteiger partial charge on any atom is -0.381 e. The summed E-state index contributed by atoms with van der Waals surface area (Å²) in [7, 11) is 0. The lowest BCUT2D eigenvalue weighted by Gasteiger charge is -2.22. The van der Waals surface area contributed by atoms with Crippen molar-refractivity contribution in [2.75, 3.05) is 25.1 Å². The molecule has 1 unspecified atom stereocenters. The molecule has 106 valence electrons. The van der Waals surface area contributed by atoms with E-state index in [4.69, 9.17) is 4.74 Å². The highest BCUT2D eigenvalue weighted by Crippen LogP contribution is 2.21. The predicted molar refractivity (Wildman–Crippen MR) is 80.9 cm³/mol. The van der Waals surface area contributed by atoms with Gasteiger partial charge in [-0.1, -0.05) is 12.1 Å². The molecule has 2 heterocycles. The maximum Gasteiger partial charge on any atom is 0.137 e. The second kappa shape index (κ2) is 6.18. The molecule has 0 radical (unpaired) electrons. The number of hydrogen-bond donors (Lipinski definition) is 1. The standard InChI is InChI=1S/C16H21N3O/c1-12-18-15-7-3-2-6-14(15)16(19-12)17-9-8-13-5-4-10-20-11-13/h2-3,6-7,13H,4-5,8-11H2,1H3,(H,17,18,19). The number of aryl methyl sites for hydroxylation is 1. The molecule has 1 atom stereocenters. The van der Waals surface area contributed by atoms with Crippen LogP contribution in [0.15, 0.2) is 24.3 Å². The number of aromatic nitrogens is 2. The topological polar surface area (TPSA) is 47.0 Å². The van der Waals surface area contributed by atoms with Gasteiger partial charge in [0.25, 0.3) is 0 Å². The molecule has 4 heteroatoms. The molecule has 1 aromatic heterocycles. The lowest BCUT2D eigenvalue weighted by molar-refractivity contribution is 0.0530. The van der Waals surface area contributed by atoms with Crippen molar-refractivity contribution in [1.29, 1.82) is 0 Å². The average molecular weight is 271 g/mol. The van der Waals surface area contributed by atoms with E-state index >= 15 is 0 Å². The molecule has 1 aliphatic rings. The van der Waals surface area contributed by atoms with Gasteiger partial charge < -0.3 is 10.1 Å². The lowest BCUT2D eigenvalue weighted by Crippen LogP contribution is -2.20. The highest BCUT2D eigenvalue weighted by atomic mass is 16.5. The summed E-state index contributed by atoms with van der Waals surface area (Å²) in [5, 5.41) is 4.56. The summed E-state index contributed by atoms with van der Waals surface area (Å²) in [5.74, 6) is 2.45. The zero-order valence-corrected chi connectivity index (χ0v) is 11.9. The molecule has 1 N–H and O–H groups in total. The van der Waals surface area contributed by atoms with Gasteiger partial charge in [0.05, 0.1) is 5.52 Å². The van der Waals surface area contributed by atoms with Crippen LogP contribution in [0.5, 0.6) is 0 Å². The first kappa shape index (κ1) is 13.3. The Kier molecular flexibility index (Phi) is 4.11. The largest absolute Gasteiger partial charge is 0.381 e. The quantitative estimate of drug-likeness (QED) is 0.928. The SMILES string of the molecule is Cc1nc(NCCC2CCCOC2)c2ccccc2n1. The molecular weight excluding hydrogens is 250 g/mol. The Hall–Kier alpha value is -1.68. The van der Waals surface area contributed by atoms with E-state index in [0.29, 0.717) is 5.92 Å². The van der Waals surface area contributed by atoms with Crippen molar-refractivity contribution in [3.05, 3.63) is 30.1 Å². The first-order chi connectivity index (χ1) is 9.83. The summed E-state index contributed by atoms with van der Waals surface area (Å²) < 4.78 is 5.52. The Morgan fingerprint density at radius 2 is 2.20 bits per heavy atom. The molecule has 2 aromatic rings. The fourth-order valence-electron chi connectivity index (χ4n) is 2.76. The van der Waals surface area contributed by atoms with Gasteiger partial charge in [-0.2, -0.15) is 0 Å². The molecule has 4 nitrogen and oxygen atoms in total. The third-order valence-electron chi connectivity index (χ3n) is 3.81. The molecule has 0 amide bonds. The summed E-state index contributed by atoms with van der Waals surface area (Å²) >= 11 is 0. The summed E-state index contributed by atoms with van der Waals surface area (Å²) in [6, 6.07) is 8.14. The number of nitrogens with zero attached hydrogens (tertiary/aromatic N) is 2. The van der Waals surface area contributed by atoms with Gasteiger partial charge in [0.1, 0.15) is 11.6 Å². The smallest absolute Gasteiger partial charge is 0.137 e. The van der Waals surface area contributed by atoms with Crippen molar-refractivity contribution in [3.8, 4) is 0 Å². The van der Waals surface area contributed by atoms with E-state index in [-0.39, 0.29) is 0 Å². The molecule has 3 rings (SSSR count). The van der Waals surface area contributed by atoms with Crippen molar-refractivity contribution in [2.45, 2.75) is 26.2 Å². The van der Waals surface area contributed by atoms with Gasteiger partial charge >= 0.3 is 0 Å². The van der Waals surface area contributed by atoms with Gasteiger partial charge in [0.15, 0.2) is 0 Å². The lowest BCUT2D eigenvalue weighted by atomic mass is 9.99. The average Bonchev–Trinajstić information content (AvgIpc) is 2.48. The van der Waals surface area contributed by atoms with Gasteiger partial charge in [-0.15, -0.1) is 0 Å². The predicted octanol–water partition coefficient (Wildman–Crippen LogP) is 3.17. The first-order valence-electron chi connectivity index (χ1n) is 7.38. The maximum absolute atomic E-state index is 5.52. The summed E-state index contributed by atoms with van der Waals surface area (Å²) in [4.78, 5) is 8.99. The van der Waals surface area contributed by atoms with Crippen LogP contribution in [0, 0.1) is 12.8 Å². The van der Waals surface area contributed by atoms with Gasteiger partial charge in [0, 0.05) is 25.1 Å². The van der Waals surface area contributed by atoms with E-state index in [1.165, 1.54) is 12.8 Å². The number of ether oxygens (including phenoxy) is 1.